The zero-order valence-electron chi connectivity index (χ0n) is 28.5. The summed E-state index contributed by atoms with van der Waals surface area (Å²) in [5.74, 6) is 0. The molecule has 0 spiro atoms. The third-order valence-corrected chi connectivity index (χ3v) is 10.9. The summed E-state index contributed by atoms with van der Waals surface area (Å²) in [6.07, 6.45) is 6.90. The summed E-state index contributed by atoms with van der Waals surface area (Å²) < 4.78 is 0. The Morgan fingerprint density at radius 2 is 1.33 bits per heavy atom. The number of fused-ring (bicyclic) bond motifs is 4. The van der Waals surface area contributed by atoms with Crippen LogP contribution in [-0.2, 0) is 12.8 Å². The predicted octanol–water partition coefficient (Wildman–Crippen LogP) is 8.11. The summed E-state index contributed by atoms with van der Waals surface area (Å²) in [5, 5.41) is 9.87. The lowest BCUT2D eigenvalue weighted by atomic mass is 9.93. The third-order valence-electron chi connectivity index (χ3n) is 9.53. The van der Waals surface area contributed by atoms with Gasteiger partial charge in [0.15, 0.2) is 0 Å². The number of halogens is 1. The number of anilines is 2. The summed E-state index contributed by atoms with van der Waals surface area (Å²) in [7, 11) is 4.26. The molecule has 0 saturated carbocycles. The second-order valence-electron chi connectivity index (χ2n) is 13.1. The van der Waals surface area contributed by atoms with Crippen molar-refractivity contribution < 1.29 is 5.11 Å². The van der Waals surface area contributed by atoms with E-state index in [0.29, 0.717) is 0 Å². The van der Waals surface area contributed by atoms with Crippen molar-refractivity contribution in [3.63, 3.8) is 0 Å². The van der Waals surface area contributed by atoms with Gasteiger partial charge in [-0.15, -0.1) is 0 Å². The molecule has 0 bridgehead atoms. The Kier molecular flexibility index (Phi) is 12.3. The van der Waals surface area contributed by atoms with Crippen molar-refractivity contribution >= 4 is 40.3 Å². The molecule has 3 aliphatic rings. The first-order valence-electron chi connectivity index (χ1n) is 17.4. The molecule has 7 rings (SSSR count). The molecule has 0 unspecified atom stereocenters. The number of aryl methyl sites for hydroxylation is 2. The minimum atomic E-state index is 0.258. The second kappa shape index (κ2) is 17.0. The molecule has 0 amide bonds. The van der Waals surface area contributed by atoms with Crippen molar-refractivity contribution in [3.8, 4) is 0 Å². The quantitative estimate of drug-likeness (QED) is 0.192. The first-order valence-corrected chi connectivity index (χ1v) is 18.6. The largest absolute Gasteiger partial charge is 0.395 e. The minimum Gasteiger partial charge on any atom is -0.395 e. The molecule has 5 nitrogen and oxygen atoms in total. The fraction of sp³-hybridized carbons (Fsp3) is 0.366. The number of aliphatic hydroxyl groups excluding tert-OH is 1. The number of rotatable bonds is 9. The molecule has 2 heterocycles. The minimum absolute atomic E-state index is 0.258. The van der Waals surface area contributed by atoms with Crippen LogP contribution in [0.3, 0.4) is 0 Å². The Hall–Kier alpha value is -3.10. The lowest BCUT2D eigenvalue weighted by Crippen LogP contribution is -2.47. The van der Waals surface area contributed by atoms with Gasteiger partial charge in [-0.2, -0.15) is 0 Å². The van der Waals surface area contributed by atoms with E-state index in [1.54, 1.807) is 0 Å². The smallest absolute Gasteiger partial charge is 0.0567 e. The molecule has 1 N–H and O–H groups in total. The number of benzene rings is 4. The van der Waals surface area contributed by atoms with Crippen LogP contribution in [0.2, 0.25) is 5.02 Å². The van der Waals surface area contributed by atoms with Gasteiger partial charge in [0.2, 0.25) is 0 Å². The number of hydrogen-bond donors (Lipinski definition) is 1. The van der Waals surface area contributed by atoms with E-state index in [0.717, 1.165) is 83.1 Å². The lowest BCUT2D eigenvalue weighted by molar-refractivity contribution is 0.112. The molecule has 0 aromatic heterocycles. The maximum atomic E-state index is 9.08. The van der Waals surface area contributed by atoms with Gasteiger partial charge in [0.05, 0.1) is 18.0 Å². The third kappa shape index (κ3) is 8.73. The van der Waals surface area contributed by atoms with Crippen LogP contribution in [0.25, 0.3) is 5.57 Å². The molecular formula is C41H49ClN4OS. The van der Waals surface area contributed by atoms with E-state index in [2.05, 4.69) is 125 Å². The number of β-amino-alcohol motifs (C(OH)–C–C–N with tert-alkyl or cyclic N) is 1. The maximum Gasteiger partial charge on any atom is 0.0567 e. The first-order chi connectivity index (χ1) is 23.5. The molecule has 7 heteroatoms. The molecule has 0 atom stereocenters. The van der Waals surface area contributed by atoms with E-state index in [1.807, 2.05) is 17.8 Å². The highest BCUT2D eigenvalue weighted by molar-refractivity contribution is 7.99. The molecule has 252 valence electrons. The Bertz CT molecular complexity index is 1630. The van der Waals surface area contributed by atoms with Gasteiger partial charge in [-0.05, 0) is 104 Å². The van der Waals surface area contributed by atoms with E-state index in [4.69, 9.17) is 16.7 Å². The molecule has 0 radical (unpaired) electrons. The number of para-hydroxylation sites is 1. The summed E-state index contributed by atoms with van der Waals surface area (Å²) in [4.78, 5) is 12.1. The average Bonchev–Trinajstić information content (AvgIpc) is 3.26. The van der Waals surface area contributed by atoms with Gasteiger partial charge >= 0.3 is 0 Å². The number of nitrogens with zero attached hydrogens (tertiary/aromatic N) is 4. The van der Waals surface area contributed by atoms with E-state index in [9.17, 15) is 0 Å². The normalized spacial score (nSPS) is 15.9. The predicted molar refractivity (Wildman–Crippen MR) is 204 cm³/mol. The van der Waals surface area contributed by atoms with Gasteiger partial charge in [0.25, 0.3) is 0 Å². The van der Waals surface area contributed by atoms with E-state index in [1.165, 1.54) is 49.0 Å². The first kappa shape index (κ1) is 34.8. The summed E-state index contributed by atoms with van der Waals surface area (Å²) in [6, 6.07) is 32.6. The standard InChI is InChI=1S/C21H26ClN3OS.C20H23N/c22-17-6-7-21-19(16-17)25(18-4-1-2-5-20(18)27-21)9-3-8-23-10-12-24(13-11-23)14-15-26;1-21(2)15-7-12-20-18-10-5-3-8-16(18)13-14-17-9-4-6-11-19(17)20/h1-2,4-7,16,26H,3,8-15H2;3-6,8-12H,7,13-15H2,1-2H3. The fourth-order valence-corrected chi connectivity index (χ4v) is 8.22. The lowest BCUT2D eigenvalue weighted by Gasteiger charge is -2.36. The molecule has 4 aromatic carbocycles. The van der Waals surface area contributed by atoms with Crippen LogP contribution < -0.4 is 4.90 Å². The SMILES string of the molecule is CN(C)CCC=C1c2ccccc2CCc2ccccc21.OCCN1CCN(CCCN2c3ccccc3Sc3ccc(Cl)cc32)CC1. The number of hydrogen-bond acceptors (Lipinski definition) is 6. The van der Waals surface area contributed by atoms with Gasteiger partial charge in [0.1, 0.15) is 0 Å². The average molecular weight is 681 g/mol. The number of aliphatic hydroxyl groups is 1. The second-order valence-corrected chi connectivity index (χ2v) is 14.6. The van der Waals surface area contributed by atoms with Crippen LogP contribution in [0, 0.1) is 0 Å². The summed E-state index contributed by atoms with van der Waals surface area (Å²) >= 11 is 8.12. The number of piperazine rings is 1. The van der Waals surface area contributed by atoms with Crippen LogP contribution in [0.5, 0.6) is 0 Å². The molecule has 2 aliphatic heterocycles. The monoisotopic (exact) mass is 680 g/mol. The molecular weight excluding hydrogens is 632 g/mol. The zero-order valence-corrected chi connectivity index (χ0v) is 30.0. The van der Waals surface area contributed by atoms with Crippen LogP contribution in [0.15, 0.2) is 107 Å². The molecule has 1 saturated heterocycles. The van der Waals surface area contributed by atoms with Crippen molar-refractivity contribution in [3.05, 3.63) is 124 Å². The Balaban J connectivity index is 0.000000173. The molecule has 4 aromatic rings. The fourth-order valence-electron chi connectivity index (χ4n) is 6.98. The highest BCUT2D eigenvalue weighted by atomic mass is 35.5. The van der Waals surface area contributed by atoms with Gasteiger partial charge in [0, 0.05) is 60.6 Å². The van der Waals surface area contributed by atoms with Crippen LogP contribution in [0.4, 0.5) is 11.4 Å². The van der Waals surface area contributed by atoms with E-state index < -0.39 is 0 Å². The Morgan fingerprint density at radius 1 is 0.729 bits per heavy atom. The van der Waals surface area contributed by atoms with Crippen molar-refractivity contribution in [2.45, 2.75) is 35.5 Å². The van der Waals surface area contributed by atoms with Crippen molar-refractivity contribution in [2.24, 2.45) is 0 Å². The highest BCUT2D eigenvalue weighted by Gasteiger charge is 2.24. The van der Waals surface area contributed by atoms with Crippen molar-refractivity contribution in [1.29, 1.82) is 0 Å². The van der Waals surface area contributed by atoms with Gasteiger partial charge in [-0.25, -0.2) is 0 Å². The van der Waals surface area contributed by atoms with Crippen LogP contribution in [-0.4, -0.2) is 92.9 Å². The van der Waals surface area contributed by atoms with Gasteiger partial charge in [-0.3, -0.25) is 4.90 Å². The highest BCUT2D eigenvalue weighted by Crippen LogP contribution is 2.48. The Labute approximate surface area is 296 Å². The maximum absolute atomic E-state index is 9.08. The molecule has 48 heavy (non-hydrogen) atoms. The van der Waals surface area contributed by atoms with Crippen LogP contribution >= 0.6 is 23.4 Å². The summed E-state index contributed by atoms with van der Waals surface area (Å²) in [6.45, 7) is 8.54. The Morgan fingerprint density at radius 3 is 2.00 bits per heavy atom. The van der Waals surface area contributed by atoms with E-state index >= 15 is 0 Å². The van der Waals surface area contributed by atoms with Crippen LogP contribution in [0.1, 0.15) is 35.1 Å². The zero-order chi connectivity index (χ0) is 33.3. The van der Waals surface area contributed by atoms with Crippen molar-refractivity contribution in [1.82, 2.24) is 14.7 Å². The molecule has 1 fully saturated rings. The van der Waals surface area contributed by atoms with Crippen molar-refractivity contribution in [2.75, 3.05) is 78.0 Å². The van der Waals surface area contributed by atoms with Gasteiger partial charge < -0.3 is 19.8 Å². The molecule has 1 aliphatic carbocycles. The van der Waals surface area contributed by atoms with E-state index in [-0.39, 0.29) is 6.61 Å². The topological polar surface area (TPSA) is 33.2 Å². The summed E-state index contributed by atoms with van der Waals surface area (Å²) in [5.41, 5.74) is 9.71. The van der Waals surface area contributed by atoms with Gasteiger partial charge in [-0.1, -0.05) is 90.1 Å².